The number of aromatic nitrogens is 3. The van der Waals surface area contributed by atoms with E-state index >= 15 is 0 Å². The fraction of sp³-hybridized carbons (Fsp3) is 0.0417. The third-order valence-corrected chi connectivity index (χ3v) is 6.63. The number of non-ortho nitro benzene ring substituents is 1. The number of hydrogen-bond acceptors (Lipinski definition) is 9. The van der Waals surface area contributed by atoms with Crippen molar-refractivity contribution in [3.63, 3.8) is 0 Å². The molecule has 12 heteroatoms. The average Bonchev–Trinajstić information content (AvgIpc) is 2.88. The standard InChI is InChI=1S/C24H18N6O5S/c1-35-18-9-10-20-15(12-18)11-16(14-25-20)26-23-24(28-22-8-3-2-7-21(22)27-23)29-36(33,34)19-6-4-5-17(13-19)30(31)32/h2-14H,1H3,(H,26,27)(H,28,29). The van der Waals surface area contributed by atoms with Crippen molar-refractivity contribution in [1.82, 2.24) is 15.0 Å². The highest BCUT2D eigenvalue weighted by molar-refractivity contribution is 7.92. The molecular formula is C24H18N6O5S. The number of nitrogens with one attached hydrogen (secondary N) is 2. The van der Waals surface area contributed by atoms with Crippen LogP contribution in [-0.4, -0.2) is 35.4 Å². The van der Waals surface area contributed by atoms with Gasteiger partial charge in [0.05, 0.1) is 45.4 Å². The van der Waals surface area contributed by atoms with Crippen LogP contribution in [0.1, 0.15) is 0 Å². The zero-order valence-corrected chi connectivity index (χ0v) is 19.6. The average molecular weight is 503 g/mol. The van der Waals surface area contributed by atoms with Crippen LogP contribution < -0.4 is 14.8 Å². The Morgan fingerprint density at radius 1 is 0.889 bits per heavy atom. The number of benzene rings is 3. The van der Waals surface area contributed by atoms with Crippen molar-refractivity contribution in [3.05, 3.63) is 89.1 Å². The Hall–Kier alpha value is -4.84. The summed E-state index contributed by atoms with van der Waals surface area (Å²) in [5, 5.41) is 15.0. The van der Waals surface area contributed by atoms with Gasteiger partial charge in [0.15, 0.2) is 11.6 Å². The van der Waals surface area contributed by atoms with Gasteiger partial charge in [0.2, 0.25) is 0 Å². The van der Waals surface area contributed by atoms with Gasteiger partial charge in [-0.2, -0.15) is 0 Å². The normalized spacial score (nSPS) is 11.4. The predicted molar refractivity (Wildman–Crippen MR) is 135 cm³/mol. The molecule has 36 heavy (non-hydrogen) atoms. The molecule has 0 aliphatic carbocycles. The zero-order valence-electron chi connectivity index (χ0n) is 18.7. The van der Waals surface area contributed by atoms with Crippen LogP contribution in [0.3, 0.4) is 0 Å². The number of methoxy groups -OCH3 is 1. The molecule has 0 fully saturated rings. The third kappa shape index (κ3) is 4.57. The van der Waals surface area contributed by atoms with Gasteiger partial charge in [0.25, 0.3) is 15.7 Å². The number of nitrogens with zero attached hydrogens (tertiary/aromatic N) is 4. The lowest BCUT2D eigenvalue weighted by Crippen LogP contribution is -2.16. The molecule has 0 spiro atoms. The van der Waals surface area contributed by atoms with E-state index in [1.807, 2.05) is 18.2 Å². The Morgan fingerprint density at radius 2 is 1.64 bits per heavy atom. The lowest BCUT2D eigenvalue weighted by atomic mass is 10.2. The highest BCUT2D eigenvalue weighted by Gasteiger charge is 2.21. The lowest BCUT2D eigenvalue weighted by Gasteiger charge is -2.14. The Bertz CT molecular complexity index is 1740. The van der Waals surface area contributed by atoms with Gasteiger partial charge in [-0.3, -0.25) is 19.8 Å². The van der Waals surface area contributed by atoms with Crippen LogP contribution >= 0.6 is 0 Å². The van der Waals surface area contributed by atoms with Crippen LogP contribution in [0, 0.1) is 10.1 Å². The van der Waals surface area contributed by atoms with Gasteiger partial charge in [-0.25, -0.2) is 18.4 Å². The second-order valence-electron chi connectivity index (χ2n) is 7.68. The number of nitro groups is 1. The number of fused-ring (bicyclic) bond motifs is 2. The summed E-state index contributed by atoms with van der Waals surface area (Å²) < 4.78 is 33.9. The summed E-state index contributed by atoms with van der Waals surface area (Å²) in [7, 11) is -2.66. The minimum absolute atomic E-state index is 0.0778. The van der Waals surface area contributed by atoms with Crippen molar-refractivity contribution in [1.29, 1.82) is 0 Å². The summed E-state index contributed by atoms with van der Waals surface area (Å²) in [5.74, 6) is 0.718. The molecule has 0 amide bonds. The number of nitro benzene ring substituents is 1. The maximum atomic E-state index is 13.1. The van der Waals surface area contributed by atoms with Crippen LogP contribution in [0.2, 0.25) is 0 Å². The first-order chi connectivity index (χ1) is 17.3. The van der Waals surface area contributed by atoms with Crippen molar-refractivity contribution < 1.29 is 18.1 Å². The van der Waals surface area contributed by atoms with Crippen molar-refractivity contribution >= 4 is 55.0 Å². The molecule has 0 aliphatic heterocycles. The molecule has 0 aliphatic rings. The van der Waals surface area contributed by atoms with Crippen molar-refractivity contribution in [2.75, 3.05) is 17.1 Å². The van der Waals surface area contributed by atoms with E-state index in [1.54, 1.807) is 43.6 Å². The van der Waals surface area contributed by atoms with E-state index in [-0.39, 0.29) is 22.2 Å². The largest absolute Gasteiger partial charge is 0.497 e. The van der Waals surface area contributed by atoms with E-state index in [0.29, 0.717) is 22.5 Å². The highest BCUT2D eigenvalue weighted by Crippen LogP contribution is 2.29. The van der Waals surface area contributed by atoms with Gasteiger partial charge in [-0.15, -0.1) is 0 Å². The van der Waals surface area contributed by atoms with Crippen LogP contribution in [0.5, 0.6) is 5.75 Å². The Kier molecular flexibility index (Phi) is 5.78. The molecular weight excluding hydrogens is 484 g/mol. The van der Waals surface area contributed by atoms with Crippen LogP contribution in [0.15, 0.2) is 83.9 Å². The SMILES string of the molecule is COc1ccc2ncc(Nc3nc4ccccc4nc3NS(=O)(=O)c3cccc([N+](=O)[O-])c3)cc2c1. The minimum Gasteiger partial charge on any atom is -0.497 e. The summed E-state index contributed by atoms with van der Waals surface area (Å²) in [6.07, 6.45) is 1.59. The molecule has 11 nitrogen and oxygen atoms in total. The first-order valence-electron chi connectivity index (χ1n) is 10.6. The molecule has 2 heterocycles. The number of anilines is 3. The number of ether oxygens (including phenoxy) is 1. The lowest BCUT2D eigenvalue weighted by molar-refractivity contribution is -0.385. The van der Waals surface area contributed by atoms with Crippen molar-refractivity contribution in [2.24, 2.45) is 0 Å². The summed E-state index contributed by atoms with van der Waals surface area (Å²) in [6.45, 7) is 0. The molecule has 2 N–H and O–H groups in total. The van der Waals surface area contributed by atoms with Crippen LogP contribution in [0.4, 0.5) is 23.0 Å². The van der Waals surface area contributed by atoms with Gasteiger partial charge in [-0.1, -0.05) is 18.2 Å². The van der Waals surface area contributed by atoms with E-state index < -0.39 is 14.9 Å². The topological polar surface area (TPSA) is 149 Å². The Morgan fingerprint density at radius 3 is 2.36 bits per heavy atom. The van der Waals surface area contributed by atoms with Crippen LogP contribution in [-0.2, 0) is 10.0 Å². The number of para-hydroxylation sites is 2. The smallest absolute Gasteiger partial charge is 0.270 e. The molecule has 0 radical (unpaired) electrons. The van der Waals surface area contributed by atoms with E-state index in [0.717, 1.165) is 17.0 Å². The summed E-state index contributed by atoms with van der Waals surface area (Å²) >= 11 is 0. The highest BCUT2D eigenvalue weighted by atomic mass is 32.2. The number of pyridine rings is 1. The van der Waals surface area contributed by atoms with E-state index in [9.17, 15) is 18.5 Å². The molecule has 0 atom stereocenters. The summed E-state index contributed by atoms with van der Waals surface area (Å²) in [5.41, 5.74) is 1.93. The third-order valence-electron chi connectivity index (χ3n) is 5.29. The molecule has 0 saturated heterocycles. The zero-order chi connectivity index (χ0) is 25.3. The monoisotopic (exact) mass is 502 g/mol. The molecule has 5 aromatic rings. The first kappa shape index (κ1) is 22.9. The van der Waals surface area contributed by atoms with Crippen molar-refractivity contribution in [3.8, 4) is 5.75 Å². The minimum atomic E-state index is -4.23. The molecule has 3 aromatic carbocycles. The van der Waals surface area contributed by atoms with Gasteiger partial charge in [-0.05, 0) is 42.5 Å². The van der Waals surface area contributed by atoms with Gasteiger partial charge < -0.3 is 10.1 Å². The first-order valence-corrected chi connectivity index (χ1v) is 12.1. The Balaban J connectivity index is 1.57. The second kappa shape index (κ2) is 9.07. The van der Waals surface area contributed by atoms with Gasteiger partial charge in [0, 0.05) is 17.5 Å². The molecule has 0 unspecified atom stereocenters. The molecule has 0 bridgehead atoms. The van der Waals surface area contributed by atoms with Crippen molar-refractivity contribution in [2.45, 2.75) is 4.90 Å². The van der Waals surface area contributed by atoms with Gasteiger partial charge in [0.1, 0.15) is 5.75 Å². The quantitative estimate of drug-likeness (QED) is 0.240. The summed E-state index contributed by atoms with van der Waals surface area (Å²) in [4.78, 5) is 23.6. The maximum absolute atomic E-state index is 13.1. The fourth-order valence-electron chi connectivity index (χ4n) is 3.55. The fourth-order valence-corrected chi connectivity index (χ4v) is 4.60. The van der Waals surface area contributed by atoms with E-state index in [2.05, 4.69) is 25.0 Å². The molecule has 2 aromatic heterocycles. The number of rotatable bonds is 7. The molecule has 0 saturated carbocycles. The summed E-state index contributed by atoms with van der Waals surface area (Å²) in [6, 6.07) is 19.0. The van der Waals surface area contributed by atoms with Gasteiger partial charge >= 0.3 is 0 Å². The molecule has 180 valence electrons. The number of hydrogen-bond donors (Lipinski definition) is 2. The maximum Gasteiger partial charge on any atom is 0.270 e. The van der Waals surface area contributed by atoms with E-state index in [1.165, 1.54) is 18.2 Å². The second-order valence-corrected chi connectivity index (χ2v) is 9.36. The van der Waals surface area contributed by atoms with Crippen LogP contribution in [0.25, 0.3) is 21.9 Å². The predicted octanol–water partition coefficient (Wildman–Crippen LogP) is 4.64. The Labute approximate surface area is 205 Å². The molecule has 5 rings (SSSR count). The number of sulfonamides is 1. The van der Waals surface area contributed by atoms with E-state index in [4.69, 9.17) is 4.74 Å².